The largest absolute Gasteiger partial charge is 0.462 e. The standard InChI is InChI=1S/C19H16F4O10S/c20-18(21,19(22,23)34(27,28)29)6-7-30-16(25)9-10-12-14(33-17(10)26)13(11(9)31-12)32-15(24)8-4-2-1-3-5-8/h8H,1-7H2,(H,27,28,29). The van der Waals surface area contributed by atoms with Crippen molar-refractivity contribution >= 4 is 39.2 Å². The first-order chi connectivity index (χ1) is 15.8. The molecule has 3 heterocycles. The molecule has 34 heavy (non-hydrogen) atoms. The average Bonchev–Trinajstić information content (AvgIpc) is 3.37. The SMILES string of the molecule is O=C1Oc2c(OC(=O)C3CCCCC3)c3oc2c1c3C(=O)OCCC(F)(F)C(F)(F)S(=O)(=O)O. The zero-order valence-corrected chi connectivity index (χ0v) is 17.9. The van der Waals surface area contributed by atoms with Crippen LogP contribution >= 0.6 is 0 Å². The van der Waals surface area contributed by atoms with E-state index < -0.39 is 74.9 Å². The van der Waals surface area contributed by atoms with Crippen molar-refractivity contribution in [3.63, 3.8) is 0 Å². The first-order valence-corrected chi connectivity index (χ1v) is 11.5. The number of alkyl halides is 4. The second-order valence-corrected chi connectivity index (χ2v) is 9.36. The van der Waals surface area contributed by atoms with Crippen molar-refractivity contribution in [1.29, 1.82) is 0 Å². The molecule has 1 fully saturated rings. The van der Waals surface area contributed by atoms with Gasteiger partial charge in [0, 0.05) is 0 Å². The lowest BCUT2D eigenvalue weighted by molar-refractivity contribution is -0.168. The average molecular weight is 512 g/mol. The van der Waals surface area contributed by atoms with Crippen molar-refractivity contribution in [2.45, 2.75) is 49.7 Å². The first-order valence-electron chi connectivity index (χ1n) is 10.0. The fourth-order valence-corrected chi connectivity index (χ4v) is 4.36. The van der Waals surface area contributed by atoms with Crippen LogP contribution in [0.3, 0.4) is 0 Å². The molecule has 1 saturated carbocycles. The first kappa shape index (κ1) is 24.2. The minimum absolute atomic E-state index is 0.227. The summed E-state index contributed by atoms with van der Waals surface area (Å²) in [6, 6.07) is 0. The van der Waals surface area contributed by atoms with Crippen molar-refractivity contribution in [3.05, 3.63) is 11.1 Å². The van der Waals surface area contributed by atoms with Gasteiger partial charge in [0.25, 0.3) is 0 Å². The number of hydrogen-bond acceptors (Lipinski definition) is 9. The summed E-state index contributed by atoms with van der Waals surface area (Å²) in [7, 11) is -6.45. The summed E-state index contributed by atoms with van der Waals surface area (Å²) in [6.45, 7) is -1.42. The summed E-state index contributed by atoms with van der Waals surface area (Å²) in [6.07, 6.45) is 1.77. The van der Waals surface area contributed by atoms with Gasteiger partial charge < -0.3 is 18.6 Å². The lowest BCUT2D eigenvalue weighted by Crippen LogP contribution is -2.47. The van der Waals surface area contributed by atoms with E-state index >= 15 is 0 Å². The molecule has 0 atom stereocenters. The van der Waals surface area contributed by atoms with E-state index in [1.54, 1.807) is 0 Å². The van der Waals surface area contributed by atoms with Crippen LogP contribution in [-0.4, -0.2) is 48.7 Å². The summed E-state index contributed by atoms with van der Waals surface area (Å²) in [5, 5.41) is -5.83. The van der Waals surface area contributed by atoms with Crippen molar-refractivity contribution in [2.24, 2.45) is 5.92 Å². The smallest absolute Gasteiger partial charge is 0.431 e. The number of hydrogen-bond donors (Lipinski definition) is 1. The lowest BCUT2D eigenvalue weighted by atomic mass is 9.89. The molecular formula is C19H16F4O10S. The third-order valence-electron chi connectivity index (χ3n) is 5.67. The second-order valence-electron chi connectivity index (χ2n) is 7.90. The van der Waals surface area contributed by atoms with Crippen LogP contribution in [-0.2, 0) is 19.6 Å². The normalized spacial score (nSPS) is 17.3. The van der Waals surface area contributed by atoms with Crippen LogP contribution in [0, 0.1) is 5.92 Å². The van der Waals surface area contributed by atoms with Crippen LogP contribution in [0.5, 0.6) is 11.5 Å². The highest BCUT2D eigenvalue weighted by atomic mass is 32.2. The molecule has 0 aromatic carbocycles. The van der Waals surface area contributed by atoms with E-state index in [9.17, 15) is 40.4 Å². The van der Waals surface area contributed by atoms with E-state index in [0.29, 0.717) is 12.8 Å². The van der Waals surface area contributed by atoms with E-state index in [1.807, 2.05) is 0 Å². The van der Waals surface area contributed by atoms with Crippen molar-refractivity contribution in [3.8, 4) is 11.5 Å². The number of esters is 3. The van der Waals surface area contributed by atoms with Crippen LogP contribution in [0.1, 0.15) is 59.2 Å². The predicted molar refractivity (Wildman–Crippen MR) is 101 cm³/mol. The summed E-state index contributed by atoms with van der Waals surface area (Å²) in [5.74, 6) is -9.48. The monoisotopic (exact) mass is 512 g/mol. The number of rotatable bonds is 8. The van der Waals surface area contributed by atoms with Gasteiger partial charge in [-0.25, -0.2) is 9.59 Å². The van der Waals surface area contributed by atoms with E-state index in [1.165, 1.54) is 0 Å². The van der Waals surface area contributed by atoms with Crippen molar-refractivity contribution in [2.75, 3.05) is 6.61 Å². The third-order valence-corrected chi connectivity index (χ3v) is 6.62. The maximum absolute atomic E-state index is 13.6. The molecule has 1 aliphatic carbocycles. The summed E-state index contributed by atoms with van der Waals surface area (Å²) in [4.78, 5) is 37.1. The molecule has 0 spiro atoms. The number of benzene rings is 1. The molecule has 4 rings (SSSR count). The highest BCUT2D eigenvalue weighted by Gasteiger charge is 2.65. The van der Waals surface area contributed by atoms with Crippen LogP contribution in [0.25, 0.3) is 11.2 Å². The molecule has 0 unspecified atom stereocenters. The summed E-state index contributed by atoms with van der Waals surface area (Å²) in [5.41, 5.74) is -1.68. The summed E-state index contributed by atoms with van der Waals surface area (Å²) < 4.78 is 103. The molecule has 10 nitrogen and oxygen atoms in total. The Morgan fingerprint density at radius 2 is 1.74 bits per heavy atom. The van der Waals surface area contributed by atoms with E-state index in [4.69, 9.17) is 18.4 Å². The molecule has 186 valence electrons. The van der Waals surface area contributed by atoms with E-state index in [2.05, 4.69) is 4.74 Å². The zero-order chi connectivity index (χ0) is 25.1. The summed E-state index contributed by atoms with van der Waals surface area (Å²) >= 11 is 0. The maximum Gasteiger partial charge on any atom is 0.431 e. The Balaban J connectivity index is 1.52. The number of ether oxygens (including phenoxy) is 3. The minimum Gasteiger partial charge on any atom is -0.462 e. The van der Waals surface area contributed by atoms with Gasteiger partial charge in [-0.2, -0.15) is 26.0 Å². The van der Waals surface area contributed by atoms with Gasteiger partial charge in [-0.15, -0.1) is 0 Å². The fourth-order valence-electron chi connectivity index (χ4n) is 3.88. The molecule has 0 saturated heterocycles. The molecule has 2 aromatic rings. The van der Waals surface area contributed by atoms with Crippen molar-refractivity contribution in [1.82, 2.24) is 0 Å². The molecule has 2 aromatic heterocycles. The van der Waals surface area contributed by atoms with Gasteiger partial charge in [0.05, 0.1) is 18.9 Å². The molecule has 15 heteroatoms. The van der Waals surface area contributed by atoms with E-state index in [-0.39, 0.29) is 17.1 Å². The van der Waals surface area contributed by atoms with Crippen LogP contribution < -0.4 is 9.47 Å². The quantitative estimate of drug-likeness (QED) is 0.241. The molecule has 2 bridgehead atoms. The Kier molecular flexibility index (Phi) is 5.75. The Morgan fingerprint density at radius 3 is 2.35 bits per heavy atom. The fraction of sp³-hybridized carbons (Fsp3) is 0.526. The van der Waals surface area contributed by atoms with Gasteiger partial charge in [-0.3, -0.25) is 9.35 Å². The van der Waals surface area contributed by atoms with Gasteiger partial charge in [0.1, 0.15) is 11.1 Å². The van der Waals surface area contributed by atoms with Crippen LogP contribution in [0.2, 0.25) is 0 Å². The van der Waals surface area contributed by atoms with Crippen LogP contribution in [0.4, 0.5) is 17.6 Å². The third kappa shape index (κ3) is 3.76. The number of carbonyl (C=O) groups excluding carboxylic acids is 3. The van der Waals surface area contributed by atoms with Gasteiger partial charge in [0.2, 0.25) is 11.5 Å². The molecule has 1 N–H and O–H groups in total. The Hall–Kier alpha value is -2.94. The van der Waals surface area contributed by atoms with E-state index in [0.717, 1.165) is 19.3 Å². The van der Waals surface area contributed by atoms with Gasteiger partial charge in [0.15, 0.2) is 11.2 Å². The highest BCUT2D eigenvalue weighted by Crippen LogP contribution is 2.52. The molecule has 2 aliphatic rings. The zero-order valence-electron chi connectivity index (χ0n) is 17.1. The Morgan fingerprint density at radius 1 is 1.09 bits per heavy atom. The number of fused-ring (bicyclic) bond motifs is 1. The number of furan rings is 2. The predicted octanol–water partition coefficient (Wildman–Crippen LogP) is 3.55. The second kappa shape index (κ2) is 8.08. The van der Waals surface area contributed by atoms with Gasteiger partial charge >= 0.3 is 39.2 Å². The van der Waals surface area contributed by atoms with Crippen molar-refractivity contribution < 1.29 is 63.5 Å². The maximum atomic E-state index is 13.6. The molecule has 0 radical (unpaired) electrons. The van der Waals surface area contributed by atoms with Gasteiger partial charge in [-0.05, 0) is 12.8 Å². The van der Waals surface area contributed by atoms with Gasteiger partial charge in [-0.1, -0.05) is 19.3 Å². The Labute approximate surface area is 188 Å². The lowest BCUT2D eigenvalue weighted by Gasteiger charge is -2.23. The highest BCUT2D eigenvalue weighted by molar-refractivity contribution is 7.87. The van der Waals surface area contributed by atoms with Crippen LogP contribution in [0.15, 0.2) is 4.42 Å². The Bertz CT molecular complexity index is 1260. The molecule has 0 amide bonds. The minimum atomic E-state index is -6.45. The molecule has 1 aliphatic heterocycles. The topological polar surface area (TPSA) is 146 Å². The molecular weight excluding hydrogens is 496 g/mol. The number of carbonyl (C=O) groups is 3. The number of halogens is 4.